The van der Waals surface area contributed by atoms with Crippen LogP contribution in [0.5, 0.6) is 0 Å². The van der Waals surface area contributed by atoms with Crippen molar-refractivity contribution in [2.75, 3.05) is 6.54 Å². The first-order valence-corrected chi connectivity index (χ1v) is 6.28. The largest absolute Gasteiger partial charge is 0.330 e. The lowest BCUT2D eigenvalue weighted by molar-refractivity contribution is 0.698. The first-order valence-electron chi connectivity index (χ1n) is 5.48. The third-order valence-corrected chi connectivity index (χ3v) is 3.23. The molecule has 0 fully saturated rings. The summed E-state index contributed by atoms with van der Waals surface area (Å²) >= 11 is 3.38. The van der Waals surface area contributed by atoms with Crippen LogP contribution in [-0.2, 0) is 13.5 Å². The van der Waals surface area contributed by atoms with Crippen LogP contribution in [-0.4, -0.2) is 16.1 Å². The summed E-state index contributed by atoms with van der Waals surface area (Å²) in [5.74, 6) is 0.783. The zero-order chi connectivity index (χ0) is 12.4. The Morgan fingerprint density at radius 1 is 1.47 bits per heavy atom. The number of aryl methyl sites for hydroxylation is 1. The molecule has 1 aromatic heterocycles. The van der Waals surface area contributed by atoms with Gasteiger partial charge >= 0.3 is 0 Å². The van der Waals surface area contributed by atoms with Gasteiger partial charge in [-0.25, -0.2) is 4.98 Å². The van der Waals surface area contributed by atoms with Gasteiger partial charge in [0.15, 0.2) is 0 Å². The second-order valence-corrected chi connectivity index (χ2v) is 4.86. The minimum atomic E-state index is -0.00507. The average Bonchev–Trinajstić information content (AvgIpc) is 2.31. The summed E-state index contributed by atoms with van der Waals surface area (Å²) in [6, 6.07) is 5.51. The Labute approximate surface area is 108 Å². The number of nitrogens with two attached hydrogens (primary N) is 1. The van der Waals surface area contributed by atoms with E-state index in [9.17, 15) is 4.79 Å². The van der Waals surface area contributed by atoms with Gasteiger partial charge in [-0.2, -0.15) is 0 Å². The number of benzene rings is 1. The highest BCUT2D eigenvalue weighted by molar-refractivity contribution is 9.10. The summed E-state index contributed by atoms with van der Waals surface area (Å²) in [6.45, 7) is 0.604. The van der Waals surface area contributed by atoms with Crippen molar-refractivity contribution in [2.45, 2.75) is 12.8 Å². The Hall–Kier alpha value is -1.20. The predicted molar refractivity (Wildman–Crippen MR) is 72.1 cm³/mol. The third kappa shape index (κ3) is 2.40. The van der Waals surface area contributed by atoms with Crippen LogP contribution in [0.3, 0.4) is 0 Å². The standard InChI is InChI=1S/C12H14BrN3O/c1-16-11(3-2-6-14)15-10-7-8(13)4-5-9(10)12(16)17/h4-5,7H,2-3,6,14H2,1H3. The highest BCUT2D eigenvalue weighted by atomic mass is 79.9. The number of rotatable bonds is 3. The molecule has 0 amide bonds. The molecule has 0 spiro atoms. The maximum Gasteiger partial charge on any atom is 0.261 e. The van der Waals surface area contributed by atoms with E-state index in [2.05, 4.69) is 20.9 Å². The highest BCUT2D eigenvalue weighted by Crippen LogP contribution is 2.16. The van der Waals surface area contributed by atoms with Crippen molar-refractivity contribution < 1.29 is 0 Å². The van der Waals surface area contributed by atoms with Crippen LogP contribution in [0.15, 0.2) is 27.5 Å². The van der Waals surface area contributed by atoms with Crippen molar-refractivity contribution in [1.29, 1.82) is 0 Å². The van der Waals surface area contributed by atoms with Crippen molar-refractivity contribution in [2.24, 2.45) is 12.8 Å². The summed E-state index contributed by atoms with van der Waals surface area (Å²) in [5, 5.41) is 0.646. The summed E-state index contributed by atoms with van der Waals surface area (Å²) in [5.41, 5.74) is 6.20. The fraction of sp³-hybridized carbons (Fsp3) is 0.333. The molecular weight excluding hydrogens is 282 g/mol. The van der Waals surface area contributed by atoms with E-state index >= 15 is 0 Å². The maximum atomic E-state index is 12.1. The number of halogens is 1. The van der Waals surface area contributed by atoms with Gasteiger partial charge in [0.1, 0.15) is 5.82 Å². The summed E-state index contributed by atoms with van der Waals surface area (Å²) in [7, 11) is 1.75. The SMILES string of the molecule is Cn1c(CCCN)nc2cc(Br)ccc2c1=O. The Morgan fingerprint density at radius 3 is 2.94 bits per heavy atom. The molecule has 5 heteroatoms. The van der Waals surface area contributed by atoms with E-state index in [1.165, 1.54) is 0 Å². The number of fused-ring (bicyclic) bond motifs is 1. The molecule has 0 aliphatic rings. The fourth-order valence-corrected chi connectivity index (χ4v) is 2.12. The molecular formula is C12H14BrN3O. The molecule has 0 saturated carbocycles. The second kappa shape index (κ2) is 4.98. The molecule has 2 N–H and O–H groups in total. The van der Waals surface area contributed by atoms with Crippen molar-refractivity contribution in [3.05, 3.63) is 38.9 Å². The topological polar surface area (TPSA) is 60.9 Å². The van der Waals surface area contributed by atoms with Crippen LogP contribution in [0.4, 0.5) is 0 Å². The van der Waals surface area contributed by atoms with Crippen molar-refractivity contribution in [3.8, 4) is 0 Å². The van der Waals surface area contributed by atoms with Gasteiger partial charge in [-0.15, -0.1) is 0 Å². The van der Waals surface area contributed by atoms with Gasteiger partial charge < -0.3 is 5.73 Å². The summed E-state index contributed by atoms with van der Waals surface area (Å²) < 4.78 is 2.53. The molecule has 4 nitrogen and oxygen atoms in total. The lowest BCUT2D eigenvalue weighted by Crippen LogP contribution is -2.22. The van der Waals surface area contributed by atoms with Crippen LogP contribution in [0.2, 0.25) is 0 Å². The van der Waals surface area contributed by atoms with Crippen LogP contribution in [0.25, 0.3) is 10.9 Å². The van der Waals surface area contributed by atoms with Gasteiger partial charge in [0.25, 0.3) is 5.56 Å². The van der Waals surface area contributed by atoms with Crippen LogP contribution >= 0.6 is 15.9 Å². The third-order valence-electron chi connectivity index (χ3n) is 2.74. The zero-order valence-corrected chi connectivity index (χ0v) is 11.2. The van der Waals surface area contributed by atoms with E-state index in [1.54, 1.807) is 17.7 Å². The van der Waals surface area contributed by atoms with Crippen LogP contribution < -0.4 is 11.3 Å². The van der Waals surface area contributed by atoms with Crippen molar-refractivity contribution >= 4 is 26.8 Å². The van der Waals surface area contributed by atoms with E-state index < -0.39 is 0 Å². The number of hydrogen-bond donors (Lipinski definition) is 1. The van der Waals surface area contributed by atoms with E-state index in [4.69, 9.17) is 5.73 Å². The minimum Gasteiger partial charge on any atom is -0.330 e. The molecule has 2 rings (SSSR count). The van der Waals surface area contributed by atoms with Crippen molar-refractivity contribution in [3.63, 3.8) is 0 Å². The summed E-state index contributed by atoms with van der Waals surface area (Å²) in [6.07, 6.45) is 1.56. The van der Waals surface area contributed by atoms with Gasteiger partial charge in [-0.05, 0) is 31.2 Å². The lowest BCUT2D eigenvalue weighted by Gasteiger charge is -2.08. The molecule has 1 heterocycles. The van der Waals surface area contributed by atoms with Gasteiger partial charge in [0, 0.05) is 17.9 Å². The molecule has 0 aliphatic carbocycles. The molecule has 0 aliphatic heterocycles. The highest BCUT2D eigenvalue weighted by Gasteiger charge is 2.07. The molecule has 0 radical (unpaired) electrons. The number of nitrogens with zero attached hydrogens (tertiary/aromatic N) is 2. The Morgan fingerprint density at radius 2 is 2.24 bits per heavy atom. The molecule has 0 atom stereocenters. The minimum absolute atomic E-state index is 0.00507. The van der Waals surface area contributed by atoms with Gasteiger partial charge in [0.2, 0.25) is 0 Å². The smallest absolute Gasteiger partial charge is 0.261 e. The maximum absolute atomic E-state index is 12.1. The second-order valence-electron chi connectivity index (χ2n) is 3.95. The molecule has 2 aromatic rings. The van der Waals surface area contributed by atoms with Crippen molar-refractivity contribution in [1.82, 2.24) is 9.55 Å². The normalized spacial score (nSPS) is 11.0. The molecule has 17 heavy (non-hydrogen) atoms. The number of aromatic nitrogens is 2. The van der Waals surface area contributed by atoms with Gasteiger partial charge in [-0.3, -0.25) is 9.36 Å². The van der Waals surface area contributed by atoms with E-state index in [-0.39, 0.29) is 5.56 Å². The fourth-order valence-electron chi connectivity index (χ4n) is 1.77. The first-order chi connectivity index (χ1) is 8.13. The number of hydrogen-bond acceptors (Lipinski definition) is 3. The average molecular weight is 296 g/mol. The molecule has 0 unspecified atom stereocenters. The van der Waals surface area contributed by atoms with E-state index in [0.717, 1.165) is 28.7 Å². The predicted octanol–water partition coefficient (Wildman–Crippen LogP) is 1.59. The first kappa shape index (κ1) is 12.3. The summed E-state index contributed by atoms with van der Waals surface area (Å²) in [4.78, 5) is 16.6. The Balaban J connectivity index is 2.63. The van der Waals surface area contributed by atoms with Gasteiger partial charge in [-0.1, -0.05) is 15.9 Å². The van der Waals surface area contributed by atoms with E-state index in [0.29, 0.717) is 11.9 Å². The zero-order valence-electron chi connectivity index (χ0n) is 9.61. The quantitative estimate of drug-likeness (QED) is 0.935. The lowest BCUT2D eigenvalue weighted by atomic mass is 10.2. The molecule has 0 saturated heterocycles. The monoisotopic (exact) mass is 295 g/mol. The Kier molecular flexibility index (Phi) is 3.59. The van der Waals surface area contributed by atoms with Crippen LogP contribution in [0.1, 0.15) is 12.2 Å². The molecule has 90 valence electrons. The molecule has 1 aromatic carbocycles. The van der Waals surface area contributed by atoms with Crippen LogP contribution in [0, 0.1) is 0 Å². The van der Waals surface area contributed by atoms with Gasteiger partial charge in [0.05, 0.1) is 10.9 Å². The molecule has 0 bridgehead atoms. The van der Waals surface area contributed by atoms with E-state index in [1.807, 2.05) is 12.1 Å². The Bertz CT molecular complexity index is 606.